The van der Waals surface area contributed by atoms with E-state index < -0.39 is 23.5 Å². The zero-order valence-electron chi connectivity index (χ0n) is 13.4. The van der Waals surface area contributed by atoms with E-state index in [2.05, 4.69) is 0 Å². The van der Waals surface area contributed by atoms with Crippen molar-refractivity contribution in [2.75, 3.05) is 4.90 Å². The summed E-state index contributed by atoms with van der Waals surface area (Å²) < 4.78 is 13.3. The minimum absolute atomic E-state index is 0.114. The van der Waals surface area contributed by atoms with Gasteiger partial charge in [0.2, 0.25) is 0 Å². The number of benzene rings is 2. The second-order valence-electron chi connectivity index (χ2n) is 6.37. The van der Waals surface area contributed by atoms with Crippen molar-refractivity contribution in [3.63, 3.8) is 0 Å². The van der Waals surface area contributed by atoms with Crippen molar-refractivity contribution in [1.29, 1.82) is 0 Å². The molecule has 1 fully saturated rings. The minimum Gasteiger partial charge on any atom is -0.503 e. The maximum Gasteiger partial charge on any atom is 0.294 e. The van der Waals surface area contributed by atoms with E-state index in [9.17, 15) is 19.1 Å². The topological polar surface area (TPSA) is 57.6 Å². The maximum absolute atomic E-state index is 13.3. The highest BCUT2D eigenvalue weighted by atomic mass is 19.1. The molecule has 2 aromatic carbocycles. The zero-order valence-corrected chi connectivity index (χ0v) is 13.4. The monoisotopic (exact) mass is 337 g/mol. The molecule has 126 valence electrons. The van der Waals surface area contributed by atoms with Gasteiger partial charge >= 0.3 is 0 Å². The fourth-order valence-corrected chi connectivity index (χ4v) is 3.24. The third-order valence-electron chi connectivity index (χ3n) is 4.64. The van der Waals surface area contributed by atoms with Gasteiger partial charge in [-0.3, -0.25) is 14.5 Å². The van der Waals surface area contributed by atoms with Gasteiger partial charge in [0.1, 0.15) is 5.82 Å². The highest BCUT2D eigenvalue weighted by Gasteiger charge is 2.47. The van der Waals surface area contributed by atoms with Gasteiger partial charge in [-0.05, 0) is 42.7 Å². The number of aliphatic hydroxyl groups is 1. The van der Waals surface area contributed by atoms with Crippen molar-refractivity contribution in [1.82, 2.24) is 0 Å². The van der Waals surface area contributed by atoms with Gasteiger partial charge in [0, 0.05) is 11.6 Å². The van der Waals surface area contributed by atoms with Gasteiger partial charge in [-0.1, -0.05) is 30.3 Å². The second-order valence-corrected chi connectivity index (χ2v) is 6.37. The summed E-state index contributed by atoms with van der Waals surface area (Å²) in [6.45, 7) is 0. The summed E-state index contributed by atoms with van der Waals surface area (Å²) in [5.74, 6) is -1.84. The molecular weight excluding hydrogens is 321 g/mol. The molecule has 4 rings (SSSR count). The summed E-state index contributed by atoms with van der Waals surface area (Å²) in [6, 6.07) is 13.8. The van der Waals surface area contributed by atoms with Crippen LogP contribution in [0.5, 0.6) is 0 Å². The number of hydrogen-bond acceptors (Lipinski definition) is 3. The highest BCUT2D eigenvalue weighted by molar-refractivity contribution is 6.17. The first-order chi connectivity index (χ1) is 12.1. The SMILES string of the molecule is O=C(C1=C(O)C(=O)N(c2ccccc2)[C@@H]1c1ccc(F)cc1)C1CC1. The third kappa shape index (κ3) is 2.61. The van der Waals surface area contributed by atoms with E-state index in [1.807, 2.05) is 6.07 Å². The molecule has 0 unspecified atom stereocenters. The van der Waals surface area contributed by atoms with Crippen LogP contribution in [0.1, 0.15) is 24.4 Å². The van der Waals surface area contributed by atoms with E-state index in [0.29, 0.717) is 11.3 Å². The molecule has 1 aliphatic heterocycles. The van der Waals surface area contributed by atoms with Crippen LogP contribution < -0.4 is 4.90 Å². The fraction of sp³-hybridized carbons (Fsp3) is 0.200. The van der Waals surface area contributed by atoms with E-state index in [4.69, 9.17) is 0 Å². The lowest BCUT2D eigenvalue weighted by atomic mass is 9.94. The Hall–Kier alpha value is -2.95. The lowest BCUT2D eigenvalue weighted by molar-refractivity contribution is -0.118. The van der Waals surface area contributed by atoms with Crippen LogP contribution >= 0.6 is 0 Å². The smallest absolute Gasteiger partial charge is 0.294 e. The Morgan fingerprint density at radius 2 is 1.68 bits per heavy atom. The van der Waals surface area contributed by atoms with Crippen LogP contribution in [0.25, 0.3) is 0 Å². The van der Waals surface area contributed by atoms with Crippen LogP contribution in [0.4, 0.5) is 10.1 Å². The van der Waals surface area contributed by atoms with Gasteiger partial charge in [0.05, 0.1) is 11.6 Å². The number of para-hydroxylation sites is 1. The van der Waals surface area contributed by atoms with E-state index in [0.717, 1.165) is 12.8 Å². The molecule has 5 heteroatoms. The summed E-state index contributed by atoms with van der Waals surface area (Å²) >= 11 is 0. The Kier molecular flexibility index (Phi) is 3.64. The molecular formula is C20H16FNO3. The van der Waals surface area contributed by atoms with E-state index in [-0.39, 0.29) is 17.3 Å². The normalized spacial score (nSPS) is 20.3. The molecule has 1 atom stereocenters. The Labute approximate surface area is 144 Å². The van der Waals surface area contributed by atoms with Crippen molar-refractivity contribution in [2.24, 2.45) is 5.92 Å². The van der Waals surface area contributed by atoms with Crippen LogP contribution in [0.15, 0.2) is 65.9 Å². The summed E-state index contributed by atoms with van der Waals surface area (Å²) in [5.41, 5.74) is 1.28. The highest BCUT2D eigenvalue weighted by Crippen LogP contribution is 2.44. The molecule has 25 heavy (non-hydrogen) atoms. The molecule has 0 radical (unpaired) electrons. The lowest BCUT2D eigenvalue weighted by Crippen LogP contribution is -2.31. The molecule has 0 saturated heterocycles. The van der Waals surface area contributed by atoms with E-state index in [1.165, 1.54) is 17.0 Å². The maximum atomic E-state index is 13.3. The van der Waals surface area contributed by atoms with E-state index >= 15 is 0 Å². The van der Waals surface area contributed by atoms with E-state index in [1.54, 1.807) is 36.4 Å². The summed E-state index contributed by atoms with van der Waals surface area (Å²) in [5, 5.41) is 10.4. The van der Waals surface area contributed by atoms with Crippen molar-refractivity contribution < 1.29 is 19.1 Å². The number of carbonyl (C=O) groups is 2. The van der Waals surface area contributed by atoms with Crippen molar-refractivity contribution in [2.45, 2.75) is 18.9 Å². The average Bonchev–Trinajstić information content (AvgIpc) is 3.44. The second kappa shape index (κ2) is 5.84. The van der Waals surface area contributed by atoms with Gasteiger partial charge in [0.15, 0.2) is 11.5 Å². The summed E-state index contributed by atoms with van der Waals surface area (Å²) in [7, 11) is 0. The van der Waals surface area contributed by atoms with Crippen LogP contribution in [-0.2, 0) is 9.59 Å². The molecule has 0 bridgehead atoms. The predicted molar refractivity (Wildman–Crippen MR) is 90.5 cm³/mol. The Bertz CT molecular complexity index is 870. The average molecular weight is 337 g/mol. The number of rotatable bonds is 4. The van der Waals surface area contributed by atoms with Crippen LogP contribution in [-0.4, -0.2) is 16.8 Å². The van der Waals surface area contributed by atoms with Crippen molar-refractivity contribution >= 4 is 17.4 Å². The van der Waals surface area contributed by atoms with Gasteiger partial charge in [-0.15, -0.1) is 0 Å². The Morgan fingerprint density at radius 3 is 2.28 bits per heavy atom. The third-order valence-corrected chi connectivity index (χ3v) is 4.64. The molecule has 0 spiro atoms. The first-order valence-corrected chi connectivity index (χ1v) is 8.19. The first-order valence-electron chi connectivity index (χ1n) is 8.19. The molecule has 1 aliphatic carbocycles. The molecule has 1 amide bonds. The number of ketones is 1. The van der Waals surface area contributed by atoms with Gasteiger partial charge in [-0.25, -0.2) is 4.39 Å². The van der Waals surface area contributed by atoms with Crippen LogP contribution in [0.2, 0.25) is 0 Å². The Morgan fingerprint density at radius 1 is 1.04 bits per heavy atom. The number of halogens is 1. The summed E-state index contributed by atoms with van der Waals surface area (Å²) in [4.78, 5) is 26.8. The minimum atomic E-state index is -0.747. The standard InChI is InChI=1S/C20H16FNO3/c21-14-10-8-12(9-11-14)17-16(18(23)13-6-7-13)19(24)20(25)22(17)15-4-2-1-3-5-15/h1-5,8-11,13,17,24H,6-7H2/t17-/m1/s1. The van der Waals surface area contributed by atoms with Crippen LogP contribution in [0, 0.1) is 11.7 Å². The number of Topliss-reactive ketones (excluding diaryl/α,β-unsaturated/α-hetero) is 1. The van der Waals surface area contributed by atoms with Gasteiger partial charge < -0.3 is 5.11 Å². The number of aliphatic hydroxyl groups excluding tert-OH is 1. The van der Waals surface area contributed by atoms with Crippen molar-refractivity contribution in [3.8, 4) is 0 Å². The predicted octanol–water partition coefficient (Wildman–Crippen LogP) is 3.70. The molecule has 4 nitrogen and oxygen atoms in total. The van der Waals surface area contributed by atoms with Gasteiger partial charge in [-0.2, -0.15) is 0 Å². The molecule has 1 heterocycles. The summed E-state index contributed by atoms with van der Waals surface area (Å²) in [6.07, 6.45) is 1.54. The number of carbonyl (C=O) groups excluding carboxylic acids is 2. The molecule has 0 aromatic heterocycles. The van der Waals surface area contributed by atoms with Gasteiger partial charge in [0.25, 0.3) is 5.91 Å². The number of anilines is 1. The first kappa shape index (κ1) is 15.6. The largest absolute Gasteiger partial charge is 0.503 e. The lowest BCUT2D eigenvalue weighted by Gasteiger charge is -2.27. The van der Waals surface area contributed by atoms with Crippen LogP contribution in [0.3, 0.4) is 0 Å². The molecule has 2 aliphatic rings. The zero-order chi connectivity index (χ0) is 17.6. The number of nitrogens with zero attached hydrogens (tertiary/aromatic N) is 1. The number of hydrogen-bond donors (Lipinski definition) is 1. The molecule has 2 aromatic rings. The Balaban J connectivity index is 1.85. The fourth-order valence-electron chi connectivity index (χ4n) is 3.24. The molecule has 1 saturated carbocycles. The van der Waals surface area contributed by atoms with Crippen molar-refractivity contribution in [3.05, 3.63) is 77.3 Å². The molecule has 1 N–H and O–H groups in total. The number of amides is 1. The quantitative estimate of drug-likeness (QED) is 0.925.